The number of esters is 1. The Balaban J connectivity index is 1.90. The molecule has 0 aromatic rings. The van der Waals surface area contributed by atoms with Crippen LogP contribution in [0, 0.1) is 0 Å². The fraction of sp³-hybridized carbons (Fsp3) is 0.812. The predicted molar refractivity (Wildman–Crippen MR) is 84.6 cm³/mol. The number of nitrogens with zero attached hydrogens (tertiary/aromatic N) is 1. The van der Waals surface area contributed by atoms with Crippen LogP contribution in [-0.4, -0.2) is 61.5 Å². The molecule has 1 saturated carbocycles. The van der Waals surface area contributed by atoms with Gasteiger partial charge in [0.1, 0.15) is 13.1 Å². The van der Waals surface area contributed by atoms with Crippen molar-refractivity contribution in [3.63, 3.8) is 0 Å². The van der Waals surface area contributed by atoms with Gasteiger partial charge in [-0.25, -0.2) is 0 Å². The van der Waals surface area contributed by atoms with Crippen LogP contribution in [0.25, 0.3) is 0 Å². The number of nitrogens with one attached hydrogen (secondary N) is 2. The maximum atomic E-state index is 12.5. The zero-order chi connectivity index (χ0) is 16.7. The van der Waals surface area contributed by atoms with E-state index in [0.717, 1.165) is 45.1 Å². The molecule has 2 N–H and O–H groups in total. The smallest absolute Gasteiger partial charge is 0.325 e. The van der Waals surface area contributed by atoms with Gasteiger partial charge in [-0.2, -0.15) is 0 Å². The van der Waals surface area contributed by atoms with Crippen molar-refractivity contribution in [1.29, 1.82) is 0 Å². The largest absolute Gasteiger partial charge is 0.468 e. The van der Waals surface area contributed by atoms with E-state index in [4.69, 9.17) is 0 Å². The molecule has 1 aliphatic carbocycles. The molecule has 1 atom stereocenters. The van der Waals surface area contributed by atoms with Gasteiger partial charge in [0.05, 0.1) is 13.2 Å². The number of carbonyl (C=O) groups is 3. The number of hydrogen-bond donors (Lipinski definition) is 2. The first kappa shape index (κ1) is 17.7. The molecule has 0 spiro atoms. The van der Waals surface area contributed by atoms with Gasteiger partial charge in [0.2, 0.25) is 11.8 Å². The lowest BCUT2D eigenvalue weighted by Crippen LogP contribution is -2.51. The third-order valence-electron chi connectivity index (χ3n) is 4.52. The minimum atomic E-state index is -0.512. The van der Waals surface area contributed by atoms with Crippen LogP contribution in [0.4, 0.5) is 0 Å². The second kappa shape index (κ2) is 8.86. The highest BCUT2D eigenvalue weighted by atomic mass is 16.5. The molecule has 2 amide bonds. The average Bonchev–Trinajstić information content (AvgIpc) is 3.08. The highest BCUT2D eigenvalue weighted by molar-refractivity contribution is 5.90. The molecule has 0 unspecified atom stereocenters. The Morgan fingerprint density at radius 2 is 1.83 bits per heavy atom. The monoisotopic (exact) mass is 325 g/mol. The summed E-state index contributed by atoms with van der Waals surface area (Å²) in [5.41, 5.74) is 0. The Hall–Kier alpha value is -1.63. The van der Waals surface area contributed by atoms with E-state index in [1.807, 2.05) is 0 Å². The number of ether oxygens (including phenoxy) is 1. The summed E-state index contributed by atoms with van der Waals surface area (Å²) in [7, 11) is 1.28. The fourth-order valence-corrected chi connectivity index (χ4v) is 3.24. The number of carbonyl (C=O) groups excluding carboxylic acids is 3. The zero-order valence-electron chi connectivity index (χ0n) is 13.8. The Morgan fingerprint density at radius 1 is 1.09 bits per heavy atom. The van der Waals surface area contributed by atoms with Crippen LogP contribution in [0.15, 0.2) is 0 Å². The van der Waals surface area contributed by atoms with Crippen molar-refractivity contribution >= 4 is 17.8 Å². The van der Waals surface area contributed by atoms with Crippen LogP contribution in [-0.2, 0) is 19.1 Å². The average molecular weight is 325 g/mol. The first-order valence-corrected chi connectivity index (χ1v) is 8.48. The third-order valence-corrected chi connectivity index (χ3v) is 4.52. The lowest BCUT2D eigenvalue weighted by molar-refractivity contribution is -0.148. The summed E-state index contributed by atoms with van der Waals surface area (Å²) in [4.78, 5) is 37.6. The predicted octanol–water partition coefficient (Wildman–Crippen LogP) is 0.189. The van der Waals surface area contributed by atoms with Gasteiger partial charge in [0.25, 0.3) is 0 Å². The lowest BCUT2D eigenvalue weighted by atomic mass is 9.95. The number of hydrogen-bond acceptors (Lipinski definition) is 5. The topological polar surface area (TPSA) is 87.7 Å². The summed E-state index contributed by atoms with van der Waals surface area (Å²) in [6.07, 6.45) is 7.11. The van der Waals surface area contributed by atoms with E-state index >= 15 is 0 Å². The van der Waals surface area contributed by atoms with Crippen LogP contribution in [0.1, 0.15) is 44.9 Å². The summed E-state index contributed by atoms with van der Waals surface area (Å²) in [6, 6.07) is -0.113. The van der Waals surface area contributed by atoms with E-state index in [9.17, 15) is 14.4 Å². The highest BCUT2D eigenvalue weighted by Gasteiger charge is 2.30. The molecule has 2 aliphatic rings. The number of amides is 2. The van der Waals surface area contributed by atoms with E-state index in [2.05, 4.69) is 15.4 Å². The summed E-state index contributed by atoms with van der Waals surface area (Å²) in [5, 5.41) is 6.09. The summed E-state index contributed by atoms with van der Waals surface area (Å²) in [5.74, 6) is -0.916. The zero-order valence-corrected chi connectivity index (χ0v) is 13.8. The van der Waals surface area contributed by atoms with E-state index in [-0.39, 0.29) is 37.0 Å². The van der Waals surface area contributed by atoms with Crippen molar-refractivity contribution < 1.29 is 19.1 Å². The minimum Gasteiger partial charge on any atom is -0.468 e. The molecule has 0 aromatic heterocycles. The number of methoxy groups -OCH3 is 1. The van der Waals surface area contributed by atoms with Crippen molar-refractivity contribution in [1.82, 2.24) is 15.5 Å². The van der Waals surface area contributed by atoms with Gasteiger partial charge in [-0.15, -0.1) is 0 Å². The first-order chi connectivity index (χ1) is 11.1. The molecule has 2 fully saturated rings. The second-order valence-electron chi connectivity index (χ2n) is 6.32. The number of rotatable bonds is 6. The molecule has 23 heavy (non-hydrogen) atoms. The van der Waals surface area contributed by atoms with Gasteiger partial charge in [-0.1, -0.05) is 19.3 Å². The lowest BCUT2D eigenvalue weighted by Gasteiger charge is -2.27. The van der Waals surface area contributed by atoms with Crippen molar-refractivity contribution in [2.24, 2.45) is 0 Å². The molecule has 1 aliphatic heterocycles. The minimum absolute atomic E-state index is 0.0946. The Morgan fingerprint density at radius 3 is 2.43 bits per heavy atom. The normalized spacial score (nSPS) is 21.7. The molecule has 1 heterocycles. The van der Waals surface area contributed by atoms with Crippen LogP contribution in [0.5, 0.6) is 0 Å². The van der Waals surface area contributed by atoms with Gasteiger partial charge < -0.3 is 20.3 Å². The van der Waals surface area contributed by atoms with E-state index in [1.165, 1.54) is 18.4 Å². The maximum absolute atomic E-state index is 12.5. The van der Waals surface area contributed by atoms with Gasteiger partial charge in [0.15, 0.2) is 0 Å². The Bertz CT molecular complexity index is 429. The maximum Gasteiger partial charge on any atom is 0.325 e. The summed E-state index contributed by atoms with van der Waals surface area (Å²) < 4.78 is 4.64. The van der Waals surface area contributed by atoms with Gasteiger partial charge in [-0.3, -0.25) is 14.4 Å². The second-order valence-corrected chi connectivity index (χ2v) is 6.32. The molecular formula is C16H27N3O4. The van der Waals surface area contributed by atoms with Crippen molar-refractivity contribution in [3.8, 4) is 0 Å². The molecule has 2 rings (SSSR count). The molecule has 7 heteroatoms. The van der Waals surface area contributed by atoms with Gasteiger partial charge in [0, 0.05) is 6.04 Å². The summed E-state index contributed by atoms with van der Waals surface area (Å²) >= 11 is 0. The van der Waals surface area contributed by atoms with Crippen LogP contribution in [0.2, 0.25) is 0 Å². The molecule has 0 radical (unpaired) electrons. The SMILES string of the molecule is COC(=O)CN(CC(=O)NC1CCCCC1)C(=O)[C@@H]1CCCN1. The van der Waals surface area contributed by atoms with Crippen LogP contribution < -0.4 is 10.6 Å². The van der Waals surface area contributed by atoms with Crippen molar-refractivity contribution in [2.45, 2.75) is 57.0 Å². The molecule has 0 bridgehead atoms. The molecule has 130 valence electrons. The Kier molecular flexibility index (Phi) is 6.83. The van der Waals surface area contributed by atoms with Gasteiger partial charge >= 0.3 is 5.97 Å². The highest BCUT2D eigenvalue weighted by Crippen LogP contribution is 2.17. The molecule has 7 nitrogen and oxygen atoms in total. The Labute approximate surface area is 137 Å². The standard InChI is InChI=1S/C16H27N3O4/c1-23-15(21)11-19(16(22)13-8-5-9-17-13)10-14(20)18-12-6-3-2-4-7-12/h12-13,17H,2-11H2,1H3,(H,18,20)/t13-/m0/s1. The third kappa shape index (κ3) is 5.49. The van der Waals surface area contributed by atoms with E-state index < -0.39 is 5.97 Å². The fourth-order valence-electron chi connectivity index (χ4n) is 3.24. The molecule has 1 saturated heterocycles. The van der Waals surface area contributed by atoms with Crippen LogP contribution >= 0.6 is 0 Å². The molecule has 0 aromatic carbocycles. The quantitative estimate of drug-likeness (QED) is 0.681. The van der Waals surface area contributed by atoms with Crippen molar-refractivity contribution in [2.75, 3.05) is 26.7 Å². The van der Waals surface area contributed by atoms with E-state index in [0.29, 0.717) is 0 Å². The summed E-state index contributed by atoms with van der Waals surface area (Å²) in [6.45, 7) is 0.505. The van der Waals surface area contributed by atoms with Crippen molar-refractivity contribution in [3.05, 3.63) is 0 Å². The van der Waals surface area contributed by atoms with E-state index in [1.54, 1.807) is 0 Å². The van der Waals surface area contributed by atoms with Crippen LogP contribution in [0.3, 0.4) is 0 Å². The molecular weight excluding hydrogens is 298 g/mol. The van der Waals surface area contributed by atoms with Gasteiger partial charge in [-0.05, 0) is 32.2 Å². The first-order valence-electron chi connectivity index (χ1n) is 8.48.